The fourth-order valence-electron chi connectivity index (χ4n) is 2.22. The van der Waals surface area contributed by atoms with Crippen molar-refractivity contribution < 1.29 is 14.7 Å². The molecule has 0 saturated carbocycles. The lowest BCUT2D eigenvalue weighted by atomic mass is 9.99. The average Bonchev–Trinajstić information content (AvgIpc) is 2.41. The Morgan fingerprint density at radius 3 is 2.79 bits per heavy atom. The Morgan fingerprint density at radius 1 is 1.37 bits per heavy atom. The molecule has 5 nitrogen and oxygen atoms in total. The third-order valence-corrected chi connectivity index (χ3v) is 3.27. The van der Waals surface area contributed by atoms with Crippen molar-refractivity contribution in [3.8, 4) is 0 Å². The molecule has 0 aliphatic carbocycles. The Kier molecular flexibility index (Phi) is 5.32. The molecule has 1 saturated heterocycles. The number of carboxylic acids is 1. The van der Waals surface area contributed by atoms with Crippen molar-refractivity contribution >= 4 is 5.97 Å². The zero-order valence-corrected chi connectivity index (χ0v) is 10.8. The molecule has 0 amide bonds. The van der Waals surface area contributed by atoms with Gasteiger partial charge in [-0.1, -0.05) is 30.3 Å². The van der Waals surface area contributed by atoms with Crippen LogP contribution < -0.4 is 10.8 Å². The second kappa shape index (κ2) is 7.23. The molecule has 0 radical (unpaired) electrons. The van der Waals surface area contributed by atoms with Gasteiger partial charge in [-0.25, -0.2) is 0 Å². The summed E-state index contributed by atoms with van der Waals surface area (Å²) in [6.45, 7) is 1.28. The van der Waals surface area contributed by atoms with Gasteiger partial charge < -0.3 is 10.4 Å². The van der Waals surface area contributed by atoms with E-state index in [0.29, 0.717) is 6.61 Å². The predicted octanol–water partition coefficient (Wildman–Crippen LogP) is 1.30. The van der Waals surface area contributed by atoms with E-state index in [0.717, 1.165) is 24.9 Å². The number of benzene rings is 1. The molecule has 0 spiro atoms. The molecular weight excluding hydrogens is 244 g/mol. The van der Waals surface area contributed by atoms with E-state index in [2.05, 4.69) is 10.8 Å². The number of carboxylic acid groups (broad SMARTS) is 1. The highest BCUT2D eigenvalue weighted by atomic mass is 16.6. The third kappa shape index (κ3) is 4.98. The minimum atomic E-state index is -0.746. The minimum Gasteiger partial charge on any atom is -0.481 e. The van der Waals surface area contributed by atoms with Crippen molar-refractivity contribution in [1.82, 2.24) is 10.8 Å². The molecule has 1 unspecified atom stereocenters. The van der Waals surface area contributed by atoms with Crippen LogP contribution in [-0.2, 0) is 16.2 Å². The number of nitrogens with one attached hydrogen (secondary N) is 2. The first kappa shape index (κ1) is 14.0. The minimum absolute atomic E-state index is 0.0877. The Balaban J connectivity index is 1.62. The van der Waals surface area contributed by atoms with Crippen LogP contribution >= 0.6 is 0 Å². The summed E-state index contributed by atoms with van der Waals surface area (Å²) < 4.78 is 0. The Labute approximate surface area is 112 Å². The molecule has 104 valence electrons. The smallest absolute Gasteiger partial charge is 0.304 e. The lowest BCUT2D eigenvalue weighted by Crippen LogP contribution is -2.48. The van der Waals surface area contributed by atoms with E-state index in [9.17, 15) is 4.79 Å². The molecule has 1 heterocycles. The fraction of sp³-hybridized carbons (Fsp3) is 0.500. The number of piperidine rings is 1. The lowest BCUT2D eigenvalue weighted by molar-refractivity contribution is -0.137. The van der Waals surface area contributed by atoms with Gasteiger partial charge in [-0.05, 0) is 18.4 Å². The fourth-order valence-corrected chi connectivity index (χ4v) is 2.22. The topological polar surface area (TPSA) is 70.6 Å². The largest absolute Gasteiger partial charge is 0.481 e. The van der Waals surface area contributed by atoms with E-state index in [1.54, 1.807) is 0 Å². The van der Waals surface area contributed by atoms with Gasteiger partial charge in [0.15, 0.2) is 0 Å². The molecule has 1 fully saturated rings. The first-order chi connectivity index (χ1) is 9.24. The normalized spacial score (nSPS) is 23.2. The van der Waals surface area contributed by atoms with E-state index in [1.165, 1.54) is 0 Å². The van der Waals surface area contributed by atoms with Crippen LogP contribution in [0.15, 0.2) is 30.3 Å². The van der Waals surface area contributed by atoms with Crippen LogP contribution in [-0.4, -0.2) is 29.7 Å². The molecule has 1 aliphatic rings. The molecule has 0 bridgehead atoms. The van der Waals surface area contributed by atoms with E-state index >= 15 is 0 Å². The summed E-state index contributed by atoms with van der Waals surface area (Å²) in [5, 5.41) is 11.9. The second-order valence-electron chi connectivity index (χ2n) is 4.87. The monoisotopic (exact) mass is 264 g/mol. The van der Waals surface area contributed by atoms with Crippen molar-refractivity contribution in [3.05, 3.63) is 35.9 Å². The van der Waals surface area contributed by atoms with Gasteiger partial charge in [-0.15, -0.1) is 0 Å². The molecule has 1 aromatic rings. The van der Waals surface area contributed by atoms with Gasteiger partial charge in [0, 0.05) is 18.6 Å². The Hall–Kier alpha value is -1.43. The van der Waals surface area contributed by atoms with Crippen LogP contribution in [0.1, 0.15) is 24.8 Å². The van der Waals surface area contributed by atoms with Gasteiger partial charge in [0.25, 0.3) is 0 Å². The van der Waals surface area contributed by atoms with Gasteiger partial charge in [0.2, 0.25) is 0 Å². The molecule has 0 aromatic heterocycles. The Bertz CT molecular complexity index is 389. The number of carbonyl (C=O) groups is 1. The van der Waals surface area contributed by atoms with E-state index < -0.39 is 5.97 Å². The SMILES string of the molecule is O=C(O)CC1CC[C@@H](NOCc2ccccc2)CN1. The van der Waals surface area contributed by atoms with E-state index in [4.69, 9.17) is 9.94 Å². The van der Waals surface area contributed by atoms with Crippen molar-refractivity contribution in [1.29, 1.82) is 0 Å². The highest BCUT2D eigenvalue weighted by Gasteiger charge is 2.22. The van der Waals surface area contributed by atoms with Crippen LogP contribution in [0.4, 0.5) is 0 Å². The van der Waals surface area contributed by atoms with E-state index in [1.807, 2.05) is 30.3 Å². The lowest BCUT2D eigenvalue weighted by Gasteiger charge is -2.29. The van der Waals surface area contributed by atoms with Crippen LogP contribution in [0.3, 0.4) is 0 Å². The molecule has 1 aliphatic heterocycles. The van der Waals surface area contributed by atoms with Crippen molar-refractivity contribution in [2.45, 2.75) is 38.0 Å². The van der Waals surface area contributed by atoms with Gasteiger partial charge >= 0.3 is 5.97 Å². The maximum Gasteiger partial charge on any atom is 0.304 e. The molecular formula is C14H20N2O3. The summed E-state index contributed by atoms with van der Waals surface area (Å²) in [6, 6.07) is 10.3. The van der Waals surface area contributed by atoms with Gasteiger partial charge in [-0.3, -0.25) is 9.63 Å². The second-order valence-corrected chi connectivity index (χ2v) is 4.87. The molecule has 5 heteroatoms. The number of rotatable bonds is 6. The summed E-state index contributed by atoms with van der Waals surface area (Å²) in [5.74, 6) is -0.746. The zero-order chi connectivity index (χ0) is 13.5. The zero-order valence-electron chi connectivity index (χ0n) is 10.8. The van der Waals surface area contributed by atoms with Crippen LogP contribution in [0, 0.1) is 0 Å². The van der Waals surface area contributed by atoms with E-state index in [-0.39, 0.29) is 18.5 Å². The summed E-state index contributed by atoms with van der Waals surface area (Å²) in [4.78, 5) is 16.1. The molecule has 2 atom stereocenters. The highest BCUT2D eigenvalue weighted by Crippen LogP contribution is 2.11. The quantitative estimate of drug-likeness (QED) is 0.676. The molecule has 19 heavy (non-hydrogen) atoms. The number of aliphatic carboxylic acids is 1. The van der Waals surface area contributed by atoms with Crippen molar-refractivity contribution in [2.75, 3.05) is 6.54 Å². The number of hydrogen-bond acceptors (Lipinski definition) is 4. The maximum absolute atomic E-state index is 10.6. The standard InChI is InChI=1S/C14H20N2O3/c17-14(18)8-12-6-7-13(9-15-12)16-19-10-11-4-2-1-3-5-11/h1-5,12-13,15-16H,6-10H2,(H,17,18)/t12?,13-/m1/s1. The summed E-state index contributed by atoms with van der Waals surface area (Å²) >= 11 is 0. The first-order valence-electron chi connectivity index (χ1n) is 6.60. The maximum atomic E-state index is 10.6. The average molecular weight is 264 g/mol. The van der Waals surface area contributed by atoms with Gasteiger partial charge in [0.05, 0.1) is 13.0 Å². The van der Waals surface area contributed by atoms with Crippen LogP contribution in [0.25, 0.3) is 0 Å². The van der Waals surface area contributed by atoms with Gasteiger partial charge in [0.1, 0.15) is 0 Å². The van der Waals surface area contributed by atoms with Crippen LogP contribution in [0.2, 0.25) is 0 Å². The summed E-state index contributed by atoms with van der Waals surface area (Å²) in [7, 11) is 0. The number of hydrogen-bond donors (Lipinski definition) is 3. The van der Waals surface area contributed by atoms with Gasteiger partial charge in [-0.2, -0.15) is 5.48 Å². The van der Waals surface area contributed by atoms with Crippen LogP contribution in [0.5, 0.6) is 0 Å². The predicted molar refractivity (Wildman–Crippen MR) is 71.4 cm³/mol. The summed E-state index contributed by atoms with van der Waals surface area (Å²) in [5.41, 5.74) is 4.16. The Morgan fingerprint density at radius 2 is 2.16 bits per heavy atom. The first-order valence-corrected chi connectivity index (χ1v) is 6.60. The summed E-state index contributed by atoms with van der Waals surface area (Å²) in [6.07, 6.45) is 1.98. The third-order valence-electron chi connectivity index (χ3n) is 3.27. The van der Waals surface area contributed by atoms with Crippen molar-refractivity contribution in [3.63, 3.8) is 0 Å². The molecule has 3 N–H and O–H groups in total. The number of hydroxylamine groups is 1. The van der Waals surface area contributed by atoms with Crippen molar-refractivity contribution in [2.24, 2.45) is 0 Å². The molecule has 2 rings (SSSR count). The molecule has 1 aromatic carbocycles. The highest BCUT2D eigenvalue weighted by molar-refractivity contribution is 5.67.